The van der Waals surface area contributed by atoms with Crippen LogP contribution in [0.15, 0.2) is 66.7 Å². The van der Waals surface area contributed by atoms with Crippen LogP contribution in [-0.4, -0.2) is 5.97 Å². The highest BCUT2D eigenvalue weighted by atomic mass is 19.1. The Balaban J connectivity index is 1.87. The molecule has 0 spiro atoms. The maximum atomic E-state index is 13.7. The van der Waals surface area contributed by atoms with Gasteiger partial charge in [-0.2, -0.15) is 0 Å². The molecule has 104 valence electrons. The summed E-state index contributed by atoms with van der Waals surface area (Å²) in [5, 5.41) is 0.988. The van der Waals surface area contributed by atoms with Crippen molar-refractivity contribution < 1.29 is 13.9 Å². The van der Waals surface area contributed by atoms with Crippen molar-refractivity contribution in [3.8, 4) is 0 Å². The number of carbonyl (C=O) groups excluding carboxylic acids is 1. The molecule has 0 heterocycles. The number of carbonyl (C=O) groups is 1. The Bertz CT molecular complexity index is 782. The first kappa shape index (κ1) is 13.3. The summed E-state index contributed by atoms with van der Waals surface area (Å²) in [5.41, 5.74) is 1.29. The van der Waals surface area contributed by atoms with Crippen LogP contribution in [0.2, 0.25) is 0 Å². The number of halogens is 1. The highest BCUT2D eigenvalue weighted by molar-refractivity contribution is 6.04. The monoisotopic (exact) mass is 280 g/mol. The van der Waals surface area contributed by atoms with Crippen molar-refractivity contribution >= 4 is 16.7 Å². The van der Waals surface area contributed by atoms with Crippen molar-refractivity contribution in [3.05, 3.63) is 83.7 Å². The number of hydrogen-bond acceptors (Lipinski definition) is 2. The summed E-state index contributed by atoms with van der Waals surface area (Å²) in [6.07, 6.45) is 0. The molecule has 0 atom stereocenters. The minimum absolute atomic E-state index is 0.200. The van der Waals surface area contributed by atoms with E-state index in [1.165, 1.54) is 12.1 Å². The molecule has 0 aliphatic rings. The molecular formula is C18H13FO2. The van der Waals surface area contributed by atoms with E-state index >= 15 is 0 Å². The predicted molar refractivity (Wildman–Crippen MR) is 79.5 cm³/mol. The minimum atomic E-state index is -0.449. The molecule has 0 aliphatic heterocycles. The van der Waals surface area contributed by atoms with Gasteiger partial charge in [-0.05, 0) is 23.1 Å². The lowest BCUT2D eigenvalue weighted by atomic mass is 10.0. The van der Waals surface area contributed by atoms with Crippen LogP contribution in [0.1, 0.15) is 15.9 Å². The van der Waals surface area contributed by atoms with Crippen LogP contribution in [0.3, 0.4) is 0 Å². The third kappa shape index (κ3) is 2.77. The van der Waals surface area contributed by atoms with Gasteiger partial charge in [-0.1, -0.05) is 54.6 Å². The Kier molecular flexibility index (Phi) is 3.65. The molecule has 0 aromatic heterocycles. The molecule has 2 nitrogen and oxygen atoms in total. The zero-order valence-corrected chi connectivity index (χ0v) is 11.3. The molecule has 0 aliphatic carbocycles. The van der Waals surface area contributed by atoms with E-state index in [9.17, 15) is 9.18 Å². The molecule has 0 bridgehead atoms. The molecule has 21 heavy (non-hydrogen) atoms. The van der Waals surface area contributed by atoms with Gasteiger partial charge in [0.2, 0.25) is 0 Å². The average molecular weight is 280 g/mol. The molecule has 0 unspecified atom stereocenters. The van der Waals surface area contributed by atoms with Gasteiger partial charge in [0.15, 0.2) is 0 Å². The number of fused-ring (bicyclic) bond motifs is 1. The molecule has 3 aromatic rings. The lowest BCUT2D eigenvalue weighted by Crippen LogP contribution is -2.06. The fourth-order valence-electron chi connectivity index (χ4n) is 2.24. The van der Waals surface area contributed by atoms with Gasteiger partial charge in [-0.25, -0.2) is 9.18 Å². The quantitative estimate of drug-likeness (QED) is 0.667. The van der Waals surface area contributed by atoms with E-state index < -0.39 is 5.97 Å². The van der Waals surface area contributed by atoms with E-state index in [1.54, 1.807) is 24.3 Å². The number of rotatable bonds is 3. The van der Waals surface area contributed by atoms with E-state index in [4.69, 9.17) is 4.74 Å². The van der Waals surface area contributed by atoms with E-state index in [0.29, 0.717) is 16.3 Å². The van der Waals surface area contributed by atoms with Gasteiger partial charge >= 0.3 is 5.97 Å². The first-order valence-electron chi connectivity index (χ1n) is 6.64. The molecule has 3 aromatic carbocycles. The Morgan fingerprint density at radius 2 is 1.52 bits per heavy atom. The molecule has 0 N–H and O–H groups in total. The smallest absolute Gasteiger partial charge is 0.339 e. The normalized spacial score (nSPS) is 10.5. The average Bonchev–Trinajstić information content (AvgIpc) is 2.54. The molecular weight excluding hydrogens is 267 g/mol. The maximum absolute atomic E-state index is 13.7. The summed E-state index contributed by atoms with van der Waals surface area (Å²) in [4.78, 5) is 12.2. The second-order valence-corrected chi connectivity index (χ2v) is 4.70. The number of ether oxygens (including phenoxy) is 1. The maximum Gasteiger partial charge on any atom is 0.339 e. The highest BCUT2D eigenvalue weighted by Gasteiger charge is 2.13. The van der Waals surface area contributed by atoms with Crippen molar-refractivity contribution in [3.63, 3.8) is 0 Å². The SMILES string of the molecule is O=C(OCc1ccccc1)c1ccc(F)c2ccccc12. The van der Waals surface area contributed by atoms with Crippen molar-refractivity contribution in [1.29, 1.82) is 0 Å². The van der Waals surface area contributed by atoms with Crippen LogP contribution < -0.4 is 0 Å². The van der Waals surface area contributed by atoms with Crippen LogP contribution in [0, 0.1) is 5.82 Å². The highest BCUT2D eigenvalue weighted by Crippen LogP contribution is 2.22. The van der Waals surface area contributed by atoms with Crippen LogP contribution in [0.4, 0.5) is 4.39 Å². The second kappa shape index (κ2) is 5.75. The van der Waals surface area contributed by atoms with Gasteiger partial charge in [-0.15, -0.1) is 0 Å². The lowest BCUT2D eigenvalue weighted by molar-refractivity contribution is 0.0475. The first-order valence-corrected chi connectivity index (χ1v) is 6.64. The summed E-state index contributed by atoms with van der Waals surface area (Å²) >= 11 is 0. The predicted octanol–water partition coefficient (Wildman–Crippen LogP) is 4.34. The van der Waals surface area contributed by atoms with Crippen molar-refractivity contribution in [2.45, 2.75) is 6.61 Å². The molecule has 0 fully saturated rings. The summed E-state index contributed by atoms with van der Waals surface area (Å²) in [5.74, 6) is -0.791. The van der Waals surface area contributed by atoms with Gasteiger partial charge in [0.1, 0.15) is 12.4 Å². The largest absolute Gasteiger partial charge is 0.457 e. The van der Waals surface area contributed by atoms with Gasteiger partial charge in [0, 0.05) is 5.39 Å². The van der Waals surface area contributed by atoms with Crippen molar-refractivity contribution in [2.75, 3.05) is 0 Å². The summed E-state index contributed by atoms with van der Waals surface area (Å²) in [6, 6.07) is 19.1. The second-order valence-electron chi connectivity index (χ2n) is 4.70. The van der Waals surface area contributed by atoms with E-state index in [1.807, 2.05) is 30.3 Å². The number of benzene rings is 3. The van der Waals surface area contributed by atoms with E-state index in [-0.39, 0.29) is 12.4 Å². The number of hydrogen-bond donors (Lipinski definition) is 0. The molecule has 3 rings (SSSR count). The van der Waals surface area contributed by atoms with Gasteiger partial charge in [-0.3, -0.25) is 0 Å². The fourth-order valence-corrected chi connectivity index (χ4v) is 2.24. The fraction of sp³-hybridized carbons (Fsp3) is 0.0556. The van der Waals surface area contributed by atoms with Crippen LogP contribution >= 0.6 is 0 Å². The van der Waals surface area contributed by atoms with Crippen LogP contribution in [-0.2, 0) is 11.3 Å². The zero-order chi connectivity index (χ0) is 14.7. The Morgan fingerprint density at radius 3 is 2.29 bits per heavy atom. The lowest BCUT2D eigenvalue weighted by Gasteiger charge is -2.08. The minimum Gasteiger partial charge on any atom is -0.457 e. The summed E-state index contributed by atoms with van der Waals surface area (Å²) in [6.45, 7) is 0.200. The standard InChI is InChI=1S/C18H13FO2/c19-17-11-10-16(14-8-4-5-9-15(14)17)18(20)21-12-13-6-2-1-3-7-13/h1-11H,12H2. The van der Waals surface area contributed by atoms with Crippen molar-refractivity contribution in [2.24, 2.45) is 0 Å². The number of esters is 1. The summed E-state index contributed by atoms with van der Waals surface area (Å²) < 4.78 is 19.0. The molecule has 0 saturated heterocycles. The Labute approximate surface area is 121 Å². The molecule has 3 heteroatoms. The van der Waals surface area contributed by atoms with Crippen LogP contribution in [0.5, 0.6) is 0 Å². The Morgan fingerprint density at radius 1 is 0.857 bits per heavy atom. The van der Waals surface area contributed by atoms with E-state index in [0.717, 1.165) is 5.56 Å². The molecule has 0 amide bonds. The Hall–Kier alpha value is -2.68. The molecule has 0 saturated carbocycles. The van der Waals surface area contributed by atoms with Gasteiger partial charge < -0.3 is 4.74 Å². The first-order chi connectivity index (χ1) is 10.3. The third-order valence-corrected chi connectivity index (χ3v) is 3.30. The molecule has 0 radical (unpaired) electrons. The van der Waals surface area contributed by atoms with Gasteiger partial charge in [0.05, 0.1) is 5.56 Å². The third-order valence-electron chi connectivity index (χ3n) is 3.30. The van der Waals surface area contributed by atoms with Crippen molar-refractivity contribution in [1.82, 2.24) is 0 Å². The van der Waals surface area contributed by atoms with Crippen LogP contribution in [0.25, 0.3) is 10.8 Å². The van der Waals surface area contributed by atoms with Gasteiger partial charge in [0.25, 0.3) is 0 Å². The van der Waals surface area contributed by atoms with E-state index in [2.05, 4.69) is 0 Å². The zero-order valence-electron chi connectivity index (χ0n) is 11.3. The summed E-state index contributed by atoms with van der Waals surface area (Å²) in [7, 11) is 0. The topological polar surface area (TPSA) is 26.3 Å².